The molecule has 0 amide bonds. The van der Waals surface area contributed by atoms with Crippen LogP contribution in [0.5, 0.6) is 0 Å². The molecule has 1 aliphatic heterocycles. The maximum absolute atomic E-state index is 8.92. The Morgan fingerprint density at radius 3 is 2.71 bits per heavy atom. The van der Waals surface area contributed by atoms with Crippen LogP contribution in [0.2, 0.25) is 0 Å². The van der Waals surface area contributed by atoms with Crippen LogP contribution in [0, 0.1) is 11.3 Å². The van der Waals surface area contributed by atoms with Crippen LogP contribution in [-0.4, -0.2) is 30.6 Å². The lowest BCUT2D eigenvalue weighted by Gasteiger charge is -2.18. The van der Waals surface area contributed by atoms with Crippen LogP contribution in [0.25, 0.3) is 0 Å². The summed E-state index contributed by atoms with van der Waals surface area (Å²) in [6.07, 6.45) is 2.04. The van der Waals surface area contributed by atoms with Crippen LogP contribution in [0.4, 0.5) is 5.69 Å². The minimum atomic E-state index is 0.108. The minimum absolute atomic E-state index is 0.108. The topological polar surface area (TPSA) is 73.3 Å². The van der Waals surface area contributed by atoms with Gasteiger partial charge in [0.05, 0.1) is 0 Å². The Kier molecular flexibility index (Phi) is 3.64. The first-order valence-electron chi connectivity index (χ1n) is 6.01. The van der Waals surface area contributed by atoms with Crippen molar-refractivity contribution in [3.63, 3.8) is 0 Å². The lowest BCUT2D eigenvalue weighted by Crippen LogP contribution is -2.20. The molecule has 1 aliphatic rings. The molecule has 1 unspecified atom stereocenters. The van der Waals surface area contributed by atoms with Crippen molar-refractivity contribution in [2.24, 2.45) is 11.7 Å². The molecule has 92 valence electrons. The molecule has 0 spiro atoms. The number of amidine groups is 1. The van der Waals surface area contributed by atoms with Crippen molar-refractivity contribution in [3.8, 4) is 0 Å². The van der Waals surface area contributed by atoms with Gasteiger partial charge in [-0.3, -0.25) is 5.41 Å². The van der Waals surface area contributed by atoms with E-state index >= 15 is 0 Å². The molecule has 1 fully saturated rings. The Hall–Kier alpha value is -1.55. The molecule has 0 saturated carbocycles. The molecule has 0 radical (unpaired) electrons. The van der Waals surface area contributed by atoms with E-state index in [1.54, 1.807) is 0 Å². The highest BCUT2D eigenvalue weighted by Crippen LogP contribution is 2.25. The molecule has 4 nitrogen and oxygen atoms in total. The van der Waals surface area contributed by atoms with Gasteiger partial charge in [-0.15, -0.1) is 0 Å². The van der Waals surface area contributed by atoms with E-state index in [4.69, 9.17) is 16.2 Å². The molecular weight excluding hydrogens is 214 g/mol. The third-order valence-electron chi connectivity index (χ3n) is 3.37. The molecule has 1 aromatic rings. The third kappa shape index (κ3) is 2.77. The smallest absolute Gasteiger partial charge is 0.122 e. The van der Waals surface area contributed by atoms with Crippen LogP contribution in [-0.2, 0) is 0 Å². The summed E-state index contributed by atoms with van der Waals surface area (Å²) in [7, 11) is 0. The number of aliphatic hydroxyl groups is 1. The van der Waals surface area contributed by atoms with Gasteiger partial charge in [0.2, 0.25) is 0 Å². The van der Waals surface area contributed by atoms with E-state index in [1.807, 2.05) is 24.3 Å². The average molecular weight is 233 g/mol. The molecular formula is C13H19N3O. The molecule has 4 N–H and O–H groups in total. The summed E-state index contributed by atoms with van der Waals surface area (Å²) in [5, 5.41) is 16.3. The van der Waals surface area contributed by atoms with Gasteiger partial charge in [0.1, 0.15) is 5.84 Å². The molecule has 4 heteroatoms. The highest BCUT2D eigenvalue weighted by Gasteiger charge is 2.21. The second kappa shape index (κ2) is 5.19. The predicted octanol–water partition coefficient (Wildman–Crippen LogP) is 1.18. The van der Waals surface area contributed by atoms with Gasteiger partial charge in [-0.2, -0.15) is 0 Å². The lowest BCUT2D eigenvalue weighted by atomic mass is 10.1. The summed E-state index contributed by atoms with van der Waals surface area (Å²) >= 11 is 0. The quantitative estimate of drug-likeness (QED) is 0.540. The Morgan fingerprint density at radius 2 is 2.12 bits per heavy atom. The Balaban J connectivity index is 2.01. The van der Waals surface area contributed by atoms with E-state index in [-0.39, 0.29) is 12.4 Å². The molecule has 0 bridgehead atoms. The van der Waals surface area contributed by atoms with Gasteiger partial charge in [-0.1, -0.05) is 0 Å². The standard InChI is InChI=1S/C13H19N3O/c14-13(15)11-1-3-12(4-2-11)16-7-5-10(9-16)6-8-17/h1-4,10,17H,5-9H2,(H3,14,15). The number of nitrogens with zero attached hydrogens (tertiary/aromatic N) is 1. The van der Waals surface area contributed by atoms with Crippen LogP contribution < -0.4 is 10.6 Å². The number of rotatable bonds is 4. The zero-order valence-electron chi connectivity index (χ0n) is 9.89. The fourth-order valence-electron chi connectivity index (χ4n) is 2.34. The monoisotopic (exact) mass is 233 g/mol. The number of nitrogen functional groups attached to an aromatic ring is 1. The summed E-state index contributed by atoms with van der Waals surface area (Å²) in [5.41, 5.74) is 7.36. The zero-order valence-corrected chi connectivity index (χ0v) is 9.89. The van der Waals surface area contributed by atoms with Crippen molar-refractivity contribution >= 4 is 11.5 Å². The Morgan fingerprint density at radius 1 is 1.41 bits per heavy atom. The number of hydrogen-bond donors (Lipinski definition) is 3. The highest BCUT2D eigenvalue weighted by atomic mass is 16.3. The molecule has 1 heterocycles. The van der Waals surface area contributed by atoms with Crippen LogP contribution >= 0.6 is 0 Å². The van der Waals surface area contributed by atoms with E-state index in [1.165, 1.54) is 5.69 Å². The lowest BCUT2D eigenvalue weighted by molar-refractivity contribution is 0.263. The number of anilines is 1. The number of aliphatic hydroxyl groups excluding tert-OH is 1. The largest absolute Gasteiger partial charge is 0.396 e. The second-order valence-electron chi connectivity index (χ2n) is 4.57. The van der Waals surface area contributed by atoms with Crippen molar-refractivity contribution < 1.29 is 5.11 Å². The third-order valence-corrected chi connectivity index (χ3v) is 3.37. The average Bonchev–Trinajstić information content (AvgIpc) is 2.78. The van der Waals surface area contributed by atoms with E-state index in [0.29, 0.717) is 5.92 Å². The molecule has 2 rings (SSSR count). The van der Waals surface area contributed by atoms with Crippen LogP contribution in [0.1, 0.15) is 18.4 Å². The normalized spacial score (nSPS) is 19.6. The zero-order chi connectivity index (χ0) is 12.3. The van der Waals surface area contributed by atoms with E-state index in [9.17, 15) is 0 Å². The summed E-state index contributed by atoms with van der Waals surface area (Å²) in [6.45, 7) is 2.34. The maximum atomic E-state index is 8.92. The van der Waals surface area contributed by atoms with Crippen molar-refractivity contribution in [1.82, 2.24) is 0 Å². The van der Waals surface area contributed by atoms with Gasteiger partial charge in [0, 0.05) is 30.9 Å². The van der Waals surface area contributed by atoms with Gasteiger partial charge in [-0.05, 0) is 43.0 Å². The number of nitrogens with one attached hydrogen (secondary N) is 1. The molecule has 0 aliphatic carbocycles. The minimum Gasteiger partial charge on any atom is -0.396 e. The van der Waals surface area contributed by atoms with Crippen LogP contribution in [0.15, 0.2) is 24.3 Å². The van der Waals surface area contributed by atoms with Crippen molar-refractivity contribution in [1.29, 1.82) is 5.41 Å². The van der Waals surface area contributed by atoms with E-state index in [0.717, 1.165) is 31.5 Å². The molecule has 1 aromatic carbocycles. The SMILES string of the molecule is N=C(N)c1ccc(N2CCC(CCO)C2)cc1. The first-order valence-corrected chi connectivity index (χ1v) is 6.01. The van der Waals surface area contributed by atoms with Gasteiger partial charge in [0.25, 0.3) is 0 Å². The first kappa shape index (κ1) is 11.9. The maximum Gasteiger partial charge on any atom is 0.122 e. The van der Waals surface area contributed by atoms with Gasteiger partial charge >= 0.3 is 0 Å². The van der Waals surface area contributed by atoms with E-state index in [2.05, 4.69) is 4.90 Å². The van der Waals surface area contributed by atoms with Gasteiger partial charge in [-0.25, -0.2) is 0 Å². The number of benzene rings is 1. The molecule has 0 aromatic heterocycles. The molecule has 1 saturated heterocycles. The predicted molar refractivity (Wildman–Crippen MR) is 69.5 cm³/mol. The summed E-state index contributed by atoms with van der Waals surface area (Å²) in [6, 6.07) is 7.80. The van der Waals surface area contributed by atoms with Gasteiger partial charge in [0.15, 0.2) is 0 Å². The van der Waals surface area contributed by atoms with Crippen molar-refractivity contribution in [3.05, 3.63) is 29.8 Å². The Bertz CT molecular complexity index is 388. The fourth-order valence-corrected chi connectivity index (χ4v) is 2.34. The summed E-state index contributed by atoms with van der Waals surface area (Å²) in [5.74, 6) is 0.712. The highest BCUT2D eigenvalue weighted by molar-refractivity contribution is 5.95. The first-order chi connectivity index (χ1) is 8.20. The van der Waals surface area contributed by atoms with Crippen molar-refractivity contribution in [2.75, 3.05) is 24.6 Å². The number of nitrogens with two attached hydrogens (primary N) is 1. The van der Waals surface area contributed by atoms with E-state index < -0.39 is 0 Å². The Labute approximate surface area is 102 Å². The van der Waals surface area contributed by atoms with Crippen LogP contribution in [0.3, 0.4) is 0 Å². The molecule has 17 heavy (non-hydrogen) atoms. The van der Waals surface area contributed by atoms with Crippen molar-refractivity contribution in [2.45, 2.75) is 12.8 Å². The fraction of sp³-hybridized carbons (Fsp3) is 0.462. The second-order valence-corrected chi connectivity index (χ2v) is 4.57. The molecule has 1 atom stereocenters. The summed E-state index contributed by atoms with van der Waals surface area (Å²) in [4.78, 5) is 2.32. The van der Waals surface area contributed by atoms with Gasteiger partial charge < -0.3 is 15.7 Å². The summed E-state index contributed by atoms with van der Waals surface area (Å²) < 4.78 is 0. The number of hydrogen-bond acceptors (Lipinski definition) is 3.